The molecule has 0 bridgehead atoms. The highest BCUT2D eigenvalue weighted by atomic mass is 16.5. The van der Waals surface area contributed by atoms with Gasteiger partial charge in [-0.1, -0.05) is 13.8 Å². The Morgan fingerprint density at radius 2 is 1.81 bits per heavy atom. The Bertz CT molecular complexity index is 379. The fourth-order valence-corrected chi connectivity index (χ4v) is 1.65. The Morgan fingerprint density at radius 3 is 2.25 bits per heavy atom. The summed E-state index contributed by atoms with van der Waals surface area (Å²) in [6, 6.07) is 3.89. The summed E-state index contributed by atoms with van der Waals surface area (Å²) < 4.78 is 5.77. The van der Waals surface area contributed by atoms with Crippen LogP contribution in [0.5, 0.6) is 5.75 Å². The lowest BCUT2D eigenvalue weighted by Crippen LogP contribution is -2.09. The zero-order valence-corrected chi connectivity index (χ0v) is 10.7. The highest BCUT2D eigenvalue weighted by Crippen LogP contribution is 2.30. The van der Waals surface area contributed by atoms with Crippen molar-refractivity contribution in [3.63, 3.8) is 0 Å². The fourth-order valence-electron chi connectivity index (χ4n) is 1.65. The van der Waals surface area contributed by atoms with Gasteiger partial charge in [-0.25, -0.2) is 0 Å². The van der Waals surface area contributed by atoms with Crippen molar-refractivity contribution in [3.05, 3.63) is 28.8 Å². The van der Waals surface area contributed by atoms with Crippen molar-refractivity contribution in [2.45, 2.75) is 46.6 Å². The Morgan fingerprint density at radius 1 is 1.19 bits per heavy atom. The van der Waals surface area contributed by atoms with Gasteiger partial charge in [0.25, 0.3) is 0 Å². The molecule has 2 heteroatoms. The number of benzene rings is 1. The predicted octanol–water partition coefficient (Wildman–Crippen LogP) is 3.72. The highest BCUT2D eigenvalue weighted by molar-refractivity contribution is 5.78. The average Bonchev–Trinajstić information content (AvgIpc) is 2.16. The molecule has 2 nitrogen and oxygen atoms in total. The zero-order chi connectivity index (χ0) is 12.3. The van der Waals surface area contributed by atoms with Crippen LogP contribution in [0.2, 0.25) is 0 Å². The van der Waals surface area contributed by atoms with Crippen molar-refractivity contribution >= 4 is 6.29 Å². The molecule has 0 aromatic heterocycles. The van der Waals surface area contributed by atoms with Crippen LogP contribution in [0.3, 0.4) is 0 Å². The lowest BCUT2D eigenvalue weighted by molar-refractivity contribution is 0.112. The van der Waals surface area contributed by atoms with Crippen molar-refractivity contribution in [1.82, 2.24) is 0 Å². The molecule has 1 rings (SSSR count). The molecule has 0 spiro atoms. The third kappa shape index (κ3) is 2.84. The number of carbonyl (C=O) groups excluding carboxylic acids is 1. The molecule has 0 saturated carbocycles. The summed E-state index contributed by atoms with van der Waals surface area (Å²) in [6.45, 7) is 10.2. The molecule has 0 aliphatic carbocycles. The Kier molecular flexibility index (Phi) is 4.11. The third-order valence-corrected chi connectivity index (χ3v) is 2.51. The molecule has 0 unspecified atom stereocenters. The Balaban J connectivity index is 3.24. The van der Waals surface area contributed by atoms with Crippen molar-refractivity contribution in [1.29, 1.82) is 0 Å². The molecular formula is C14H20O2. The van der Waals surface area contributed by atoms with Gasteiger partial charge < -0.3 is 4.74 Å². The van der Waals surface area contributed by atoms with E-state index in [1.807, 2.05) is 32.9 Å². The molecule has 0 radical (unpaired) electrons. The number of hydrogen-bond donors (Lipinski definition) is 0. The van der Waals surface area contributed by atoms with Crippen molar-refractivity contribution in [2.24, 2.45) is 0 Å². The van der Waals surface area contributed by atoms with Crippen LogP contribution in [0.25, 0.3) is 0 Å². The number of rotatable bonds is 4. The first-order chi connectivity index (χ1) is 7.45. The monoisotopic (exact) mass is 220 g/mol. The summed E-state index contributed by atoms with van der Waals surface area (Å²) in [7, 11) is 0. The van der Waals surface area contributed by atoms with E-state index in [-0.39, 0.29) is 6.10 Å². The molecule has 0 heterocycles. The van der Waals surface area contributed by atoms with E-state index in [2.05, 4.69) is 13.8 Å². The second-order valence-corrected chi connectivity index (χ2v) is 4.69. The summed E-state index contributed by atoms with van der Waals surface area (Å²) in [6.07, 6.45) is 1.05. The minimum atomic E-state index is 0.152. The van der Waals surface area contributed by atoms with Gasteiger partial charge in [-0.3, -0.25) is 4.79 Å². The van der Waals surface area contributed by atoms with Crippen LogP contribution in [0, 0.1) is 6.92 Å². The summed E-state index contributed by atoms with van der Waals surface area (Å²) >= 11 is 0. The molecule has 1 aromatic rings. The van der Waals surface area contributed by atoms with Gasteiger partial charge in [0.15, 0.2) is 0 Å². The van der Waals surface area contributed by atoms with Crippen LogP contribution >= 0.6 is 0 Å². The van der Waals surface area contributed by atoms with Gasteiger partial charge >= 0.3 is 0 Å². The zero-order valence-electron chi connectivity index (χ0n) is 10.7. The number of aldehydes is 1. The van der Waals surface area contributed by atoms with E-state index in [4.69, 9.17) is 4.74 Å². The first-order valence-corrected chi connectivity index (χ1v) is 5.72. The normalized spacial score (nSPS) is 10.9. The second kappa shape index (κ2) is 5.15. The van der Waals surface area contributed by atoms with Crippen LogP contribution in [0.15, 0.2) is 12.1 Å². The Hall–Kier alpha value is -1.31. The maximum absolute atomic E-state index is 10.9. The molecule has 1 aromatic carbocycles. The largest absolute Gasteiger partial charge is 0.491 e. The molecule has 0 aliphatic heterocycles. The predicted molar refractivity (Wildman–Crippen MR) is 66.4 cm³/mol. The topological polar surface area (TPSA) is 26.3 Å². The van der Waals surface area contributed by atoms with E-state index in [0.717, 1.165) is 28.7 Å². The molecule has 0 amide bonds. The van der Waals surface area contributed by atoms with Gasteiger partial charge in [0.2, 0.25) is 0 Å². The van der Waals surface area contributed by atoms with Crippen LogP contribution in [-0.2, 0) is 0 Å². The van der Waals surface area contributed by atoms with E-state index in [1.165, 1.54) is 0 Å². The maximum atomic E-state index is 10.9. The van der Waals surface area contributed by atoms with Gasteiger partial charge in [0, 0.05) is 5.56 Å². The summed E-state index contributed by atoms with van der Waals surface area (Å²) in [4.78, 5) is 10.9. The first kappa shape index (κ1) is 12.8. The smallest absolute Gasteiger partial charge is 0.150 e. The SMILES string of the molecule is Cc1cc(OC(C)C)c(C(C)C)cc1C=O. The highest BCUT2D eigenvalue weighted by Gasteiger charge is 2.12. The third-order valence-electron chi connectivity index (χ3n) is 2.51. The van der Waals surface area contributed by atoms with Crippen molar-refractivity contribution in [3.8, 4) is 5.75 Å². The van der Waals surface area contributed by atoms with Crippen LogP contribution < -0.4 is 4.74 Å². The van der Waals surface area contributed by atoms with Gasteiger partial charge in [-0.15, -0.1) is 0 Å². The molecule has 0 fully saturated rings. The summed E-state index contributed by atoms with van der Waals surface area (Å²) in [5.41, 5.74) is 2.82. The number of aryl methyl sites for hydroxylation is 1. The molecule has 16 heavy (non-hydrogen) atoms. The van der Waals surface area contributed by atoms with E-state index in [1.54, 1.807) is 0 Å². The fraction of sp³-hybridized carbons (Fsp3) is 0.500. The lowest BCUT2D eigenvalue weighted by Gasteiger charge is -2.18. The number of carbonyl (C=O) groups is 1. The average molecular weight is 220 g/mol. The van der Waals surface area contributed by atoms with Crippen LogP contribution in [0.1, 0.15) is 55.1 Å². The lowest BCUT2D eigenvalue weighted by atomic mass is 9.97. The first-order valence-electron chi connectivity index (χ1n) is 5.72. The van der Waals surface area contributed by atoms with Crippen LogP contribution in [-0.4, -0.2) is 12.4 Å². The van der Waals surface area contributed by atoms with E-state index in [0.29, 0.717) is 5.92 Å². The minimum absolute atomic E-state index is 0.152. The molecule has 88 valence electrons. The second-order valence-electron chi connectivity index (χ2n) is 4.69. The Labute approximate surface area is 97.6 Å². The molecule has 0 atom stereocenters. The van der Waals surface area contributed by atoms with E-state index >= 15 is 0 Å². The molecule has 0 aliphatic rings. The van der Waals surface area contributed by atoms with Gasteiger partial charge in [0.1, 0.15) is 12.0 Å². The van der Waals surface area contributed by atoms with E-state index in [9.17, 15) is 4.79 Å². The van der Waals surface area contributed by atoms with E-state index < -0.39 is 0 Å². The van der Waals surface area contributed by atoms with Crippen molar-refractivity contribution in [2.75, 3.05) is 0 Å². The van der Waals surface area contributed by atoms with Gasteiger partial charge in [-0.05, 0) is 49.9 Å². The van der Waals surface area contributed by atoms with Crippen molar-refractivity contribution < 1.29 is 9.53 Å². The minimum Gasteiger partial charge on any atom is -0.491 e. The van der Waals surface area contributed by atoms with Gasteiger partial charge in [-0.2, -0.15) is 0 Å². The standard InChI is InChI=1S/C14H20O2/c1-9(2)13-7-12(8-15)11(5)6-14(13)16-10(3)4/h6-10H,1-5H3. The number of hydrogen-bond acceptors (Lipinski definition) is 2. The van der Waals surface area contributed by atoms with Gasteiger partial charge in [0.05, 0.1) is 6.10 Å². The summed E-state index contributed by atoms with van der Waals surface area (Å²) in [5.74, 6) is 1.25. The summed E-state index contributed by atoms with van der Waals surface area (Å²) in [5, 5.41) is 0. The molecular weight excluding hydrogens is 200 g/mol. The van der Waals surface area contributed by atoms with Crippen LogP contribution in [0.4, 0.5) is 0 Å². The molecule has 0 saturated heterocycles. The maximum Gasteiger partial charge on any atom is 0.150 e. The molecule has 0 N–H and O–H groups in total. The quantitative estimate of drug-likeness (QED) is 0.723. The number of ether oxygens (including phenoxy) is 1.